The second-order valence-electron chi connectivity index (χ2n) is 5.54. The lowest BCUT2D eigenvalue weighted by molar-refractivity contribution is 0.0733. The van der Waals surface area contributed by atoms with E-state index in [9.17, 15) is 4.79 Å². The molecule has 2 rings (SSSR count). The van der Waals surface area contributed by atoms with Gasteiger partial charge in [-0.3, -0.25) is 0 Å². The summed E-state index contributed by atoms with van der Waals surface area (Å²) < 4.78 is 5.64. The van der Waals surface area contributed by atoms with Crippen LogP contribution in [0.25, 0.3) is 0 Å². The minimum atomic E-state index is -0.294. The number of aryl methyl sites for hydroxylation is 1. The quantitative estimate of drug-likeness (QED) is 0.267. The fraction of sp³-hybridized carbons (Fsp3) is 0.350. The number of unbranched alkanes of at least 4 members (excludes halogenated alkanes) is 3. The van der Waals surface area contributed by atoms with E-state index in [0.717, 1.165) is 18.4 Å². The predicted molar refractivity (Wildman–Crippen MR) is 97.5 cm³/mol. The first-order valence-electron chi connectivity index (χ1n) is 8.18. The SMILES string of the molecule is CCCCCCc1cc(SC)ccc1OC(=O)c1ccccc1. The Balaban J connectivity index is 2.11. The maximum absolute atomic E-state index is 12.3. The van der Waals surface area contributed by atoms with E-state index in [4.69, 9.17) is 4.74 Å². The zero-order valence-corrected chi connectivity index (χ0v) is 14.7. The molecule has 0 heterocycles. The number of hydrogen-bond donors (Lipinski definition) is 0. The molecule has 0 unspecified atom stereocenters. The number of ether oxygens (including phenoxy) is 1. The van der Waals surface area contributed by atoms with Crippen LogP contribution in [0.3, 0.4) is 0 Å². The summed E-state index contributed by atoms with van der Waals surface area (Å²) in [7, 11) is 0. The van der Waals surface area contributed by atoms with Gasteiger partial charge >= 0.3 is 5.97 Å². The molecule has 0 saturated heterocycles. The van der Waals surface area contributed by atoms with E-state index < -0.39 is 0 Å². The van der Waals surface area contributed by atoms with Gasteiger partial charge in [0.25, 0.3) is 0 Å². The first-order valence-corrected chi connectivity index (χ1v) is 9.41. The summed E-state index contributed by atoms with van der Waals surface area (Å²) in [4.78, 5) is 13.5. The first-order chi connectivity index (χ1) is 11.2. The third-order valence-corrected chi connectivity index (χ3v) is 4.50. The Morgan fingerprint density at radius 1 is 1.04 bits per heavy atom. The van der Waals surface area contributed by atoms with Crippen molar-refractivity contribution in [2.24, 2.45) is 0 Å². The highest BCUT2D eigenvalue weighted by atomic mass is 32.2. The lowest BCUT2D eigenvalue weighted by Crippen LogP contribution is -2.09. The summed E-state index contributed by atoms with van der Waals surface area (Å²) in [6.45, 7) is 2.21. The van der Waals surface area contributed by atoms with Crippen molar-refractivity contribution >= 4 is 17.7 Å². The average Bonchev–Trinajstić information content (AvgIpc) is 2.60. The van der Waals surface area contributed by atoms with Gasteiger partial charge in [0.05, 0.1) is 5.56 Å². The van der Waals surface area contributed by atoms with Gasteiger partial charge < -0.3 is 4.74 Å². The molecule has 2 aromatic rings. The molecule has 0 fully saturated rings. The molecule has 2 nitrogen and oxygen atoms in total. The monoisotopic (exact) mass is 328 g/mol. The van der Waals surface area contributed by atoms with Gasteiger partial charge in [0.2, 0.25) is 0 Å². The standard InChI is InChI=1S/C20H24O2S/c1-3-4-5-7-12-17-15-18(23-2)13-14-19(17)22-20(21)16-10-8-6-9-11-16/h6,8-11,13-15H,3-5,7,12H2,1-2H3. The van der Waals surface area contributed by atoms with Gasteiger partial charge in [-0.1, -0.05) is 44.4 Å². The molecular weight excluding hydrogens is 304 g/mol. The molecule has 0 radical (unpaired) electrons. The zero-order chi connectivity index (χ0) is 16.5. The number of thioether (sulfide) groups is 1. The molecule has 0 aliphatic rings. The van der Waals surface area contributed by atoms with Gasteiger partial charge in [-0.2, -0.15) is 0 Å². The molecule has 0 spiro atoms. The molecule has 0 bridgehead atoms. The Morgan fingerprint density at radius 2 is 1.83 bits per heavy atom. The summed E-state index contributed by atoms with van der Waals surface area (Å²) in [6, 6.07) is 15.2. The number of rotatable bonds is 8. The van der Waals surface area contributed by atoms with E-state index in [2.05, 4.69) is 19.2 Å². The van der Waals surface area contributed by atoms with Crippen molar-refractivity contribution in [3.05, 3.63) is 59.7 Å². The minimum Gasteiger partial charge on any atom is -0.423 e. The maximum Gasteiger partial charge on any atom is 0.343 e. The van der Waals surface area contributed by atoms with Crippen LogP contribution in [0, 0.1) is 0 Å². The molecular formula is C20H24O2S. The third kappa shape index (κ3) is 5.43. The Hall–Kier alpha value is -1.74. The van der Waals surface area contributed by atoms with Crippen LogP contribution in [0.4, 0.5) is 0 Å². The van der Waals surface area contributed by atoms with Crippen molar-refractivity contribution in [3.8, 4) is 5.75 Å². The van der Waals surface area contributed by atoms with Crippen LogP contribution in [-0.4, -0.2) is 12.2 Å². The van der Waals surface area contributed by atoms with Gasteiger partial charge in [-0.05, 0) is 55.0 Å². The van der Waals surface area contributed by atoms with E-state index in [-0.39, 0.29) is 5.97 Å². The Bertz CT molecular complexity index is 623. The van der Waals surface area contributed by atoms with E-state index in [1.165, 1.54) is 24.2 Å². The Kier molecular flexibility index (Phi) is 7.21. The largest absolute Gasteiger partial charge is 0.423 e. The summed E-state index contributed by atoms with van der Waals surface area (Å²) in [5.41, 5.74) is 1.70. The van der Waals surface area contributed by atoms with Gasteiger partial charge in [0.15, 0.2) is 0 Å². The maximum atomic E-state index is 12.3. The molecule has 0 amide bonds. The molecule has 23 heavy (non-hydrogen) atoms. The van der Waals surface area contributed by atoms with Crippen LogP contribution in [0.1, 0.15) is 48.5 Å². The van der Waals surface area contributed by atoms with Gasteiger partial charge in [-0.25, -0.2) is 4.79 Å². The highest BCUT2D eigenvalue weighted by Gasteiger charge is 2.12. The van der Waals surface area contributed by atoms with E-state index in [1.807, 2.05) is 30.3 Å². The van der Waals surface area contributed by atoms with Crippen molar-refractivity contribution in [3.63, 3.8) is 0 Å². The molecule has 0 N–H and O–H groups in total. The fourth-order valence-corrected chi connectivity index (χ4v) is 2.92. The lowest BCUT2D eigenvalue weighted by Gasteiger charge is -2.12. The number of carbonyl (C=O) groups is 1. The van der Waals surface area contributed by atoms with E-state index >= 15 is 0 Å². The predicted octanol–water partition coefficient (Wildman–Crippen LogP) is 5.75. The molecule has 122 valence electrons. The molecule has 2 aromatic carbocycles. The summed E-state index contributed by atoms with van der Waals surface area (Å²) in [6.07, 6.45) is 7.83. The van der Waals surface area contributed by atoms with E-state index in [1.54, 1.807) is 23.9 Å². The third-order valence-electron chi connectivity index (χ3n) is 3.78. The summed E-state index contributed by atoms with van der Waals surface area (Å²) >= 11 is 1.71. The molecule has 3 heteroatoms. The summed E-state index contributed by atoms with van der Waals surface area (Å²) in [5, 5.41) is 0. The molecule has 0 aromatic heterocycles. The average molecular weight is 328 g/mol. The smallest absolute Gasteiger partial charge is 0.343 e. The highest BCUT2D eigenvalue weighted by Crippen LogP contribution is 2.27. The highest BCUT2D eigenvalue weighted by molar-refractivity contribution is 7.98. The van der Waals surface area contributed by atoms with Crippen LogP contribution < -0.4 is 4.74 Å². The van der Waals surface area contributed by atoms with Gasteiger partial charge in [0, 0.05) is 4.90 Å². The fourth-order valence-electron chi connectivity index (χ4n) is 2.45. The zero-order valence-electron chi connectivity index (χ0n) is 13.9. The Morgan fingerprint density at radius 3 is 2.52 bits per heavy atom. The van der Waals surface area contributed by atoms with Crippen molar-refractivity contribution in [1.82, 2.24) is 0 Å². The summed E-state index contributed by atoms with van der Waals surface area (Å²) in [5.74, 6) is 0.394. The van der Waals surface area contributed by atoms with Crippen molar-refractivity contribution in [2.45, 2.75) is 43.9 Å². The molecule has 0 atom stereocenters. The van der Waals surface area contributed by atoms with Crippen molar-refractivity contribution in [2.75, 3.05) is 6.26 Å². The van der Waals surface area contributed by atoms with Gasteiger partial charge in [0.1, 0.15) is 5.75 Å². The first kappa shape index (κ1) is 17.6. The van der Waals surface area contributed by atoms with Crippen molar-refractivity contribution < 1.29 is 9.53 Å². The van der Waals surface area contributed by atoms with Crippen LogP contribution in [0.2, 0.25) is 0 Å². The normalized spacial score (nSPS) is 10.5. The van der Waals surface area contributed by atoms with Crippen LogP contribution in [0.15, 0.2) is 53.4 Å². The second-order valence-corrected chi connectivity index (χ2v) is 6.42. The lowest BCUT2D eigenvalue weighted by atomic mass is 10.1. The van der Waals surface area contributed by atoms with Crippen LogP contribution >= 0.6 is 11.8 Å². The molecule has 0 aliphatic heterocycles. The number of hydrogen-bond acceptors (Lipinski definition) is 3. The van der Waals surface area contributed by atoms with Gasteiger partial charge in [-0.15, -0.1) is 11.8 Å². The number of esters is 1. The molecule has 0 aliphatic carbocycles. The molecule has 0 saturated carbocycles. The van der Waals surface area contributed by atoms with Crippen LogP contribution in [-0.2, 0) is 6.42 Å². The minimum absolute atomic E-state index is 0.294. The number of benzene rings is 2. The Labute approximate surface area is 143 Å². The number of carbonyl (C=O) groups excluding carboxylic acids is 1. The van der Waals surface area contributed by atoms with Crippen LogP contribution in [0.5, 0.6) is 5.75 Å². The topological polar surface area (TPSA) is 26.3 Å². The van der Waals surface area contributed by atoms with Crippen molar-refractivity contribution in [1.29, 1.82) is 0 Å². The second kappa shape index (κ2) is 9.41. The van der Waals surface area contributed by atoms with E-state index in [0.29, 0.717) is 11.3 Å².